The molecule has 1 heterocycles. The van der Waals surface area contributed by atoms with Gasteiger partial charge >= 0.3 is 0 Å². The molecule has 0 unspecified atom stereocenters. The zero-order valence-electron chi connectivity index (χ0n) is 13.8. The molecule has 0 fully saturated rings. The fourth-order valence-corrected chi connectivity index (χ4v) is 3.01. The molecule has 0 aliphatic heterocycles. The van der Waals surface area contributed by atoms with Gasteiger partial charge in [0, 0.05) is 41.1 Å². The van der Waals surface area contributed by atoms with Crippen LogP contribution in [0, 0.1) is 0 Å². The first-order chi connectivity index (χ1) is 11.7. The summed E-state index contributed by atoms with van der Waals surface area (Å²) >= 11 is 0. The van der Waals surface area contributed by atoms with Crippen molar-refractivity contribution in [3.05, 3.63) is 71.4 Å². The molecule has 24 heavy (non-hydrogen) atoms. The maximum atomic E-state index is 12.7. The van der Waals surface area contributed by atoms with Gasteiger partial charge in [-0.3, -0.25) is 9.59 Å². The normalized spacial score (nSPS) is 10.9. The Bertz CT molecular complexity index is 862. The Balaban J connectivity index is 1.77. The molecule has 122 valence electrons. The van der Waals surface area contributed by atoms with E-state index in [0.29, 0.717) is 5.56 Å². The molecule has 0 amide bonds. The van der Waals surface area contributed by atoms with Crippen LogP contribution in [0.5, 0.6) is 0 Å². The molecule has 1 N–H and O–H groups in total. The molecule has 0 atom stereocenters. The molecule has 1 aromatic heterocycles. The Hall–Kier alpha value is -2.68. The first-order valence-corrected chi connectivity index (χ1v) is 8.40. The van der Waals surface area contributed by atoms with E-state index in [2.05, 4.69) is 18.0 Å². The Morgan fingerprint density at radius 1 is 0.958 bits per heavy atom. The second-order valence-electron chi connectivity index (χ2n) is 6.04. The topological polar surface area (TPSA) is 49.9 Å². The number of benzene rings is 2. The van der Waals surface area contributed by atoms with E-state index in [9.17, 15) is 9.59 Å². The number of aromatic nitrogens is 1. The van der Waals surface area contributed by atoms with Crippen LogP contribution < -0.4 is 0 Å². The van der Waals surface area contributed by atoms with Crippen molar-refractivity contribution in [2.45, 2.75) is 32.6 Å². The second-order valence-corrected chi connectivity index (χ2v) is 6.04. The lowest BCUT2D eigenvalue weighted by Gasteiger charge is -2.09. The summed E-state index contributed by atoms with van der Waals surface area (Å²) in [5.41, 5.74) is 3.53. The van der Waals surface area contributed by atoms with Gasteiger partial charge in [0.25, 0.3) is 0 Å². The molecule has 2 aromatic carbocycles. The average Bonchev–Trinajstić information content (AvgIpc) is 3.07. The van der Waals surface area contributed by atoms with Crippen LogP contribution in [0.25, 0.3) is 10.9 Å². The van der Waals surface area contributed by atoms with Crippen LogP contribution in [0.2, 0.25) is 0 Å². The maximum Gasteiger partial charge on any atom is 0.163 e. The Morgan fingerprint density at radius 3 is 2.46 bits per heavy atom. The first kappa shape index (κ1) is 16.2. The van der Waals surface area contributed by atoms with Gasteiger partial charge in [-0.15, -0.1) is 0 Å². The summed E-state index contributed by atoms with van der Waals surface area (Å²) in [7, 11) is 0. The maximum absolute atomic E-state index is 12.7. The van der Waals surface area contributed by atoms with Gasteiger partial charge in [-0.05, 0) is 30.2 Å². The van der Waals surface area contributed by atoms with Crippen LogP contribution in [0.4, 0.5) is 0 Å². The Labute approximate surface area is 141 Å². The third-order valence-corrected chi connectivity index (χ3v) is 4.27. The van der Waals surface area contributed by atoms with E-state index in [1.165, 1.54) is 0 Å². The van der Waals surface area contributed by atoms with Crippen LogP contribution in [-0.2, 0) is 6.42 Å². The molecular formula is C21H21NO2. The molecule has 0 saturated heterocycles. The van der Waals surface area contributed by atoms with Crippen molar-refractivity contribution in [2.24, 2.45) is 0 Å². The number of carbonyl (C=O) groups excluding carboxylic acids is 2. The zero-order valence-corrected chi connectivity index (χ0v) is 13.8. The number of fused-ring (bicyclic) bond motifs is 1. The predicted octanol–water partition coefficient (Wildman–Crippen LogP) is 4.97. The Morgan fingerprint density at radius 2 is 1.71 bits per heavy atom. The highest BCUT2D eigenvalue weighted by Crippen LogP contribution is 2.22. The first-order valence-electron chi connectivity index (χ1n) is 8.40. The van der Waals surface area contributed by atoms with E-state index >= 15 is 0 Å². The fraction of sp³-hybridized carbons (Fsp3) is 0.238. The summed E-state index contributed by atoms with van der Waals surface area (Å²) in [4.78, 5) is 28.1. The molecule has 0 bridgehead atoms. The molecule has 0 radical (unpaired) electrons. The molecule has 0 saturated carbocycles. The molecule has 0 aliphatic rings. The number of hydrogen-bond donors (Lipinski definition) is 1. The predicted molar refractivity (Wildman–Crippen MR) is 96.6 cm³/mol. The number of aryl methyl sites for hydroxylation is 1. The van der Waals surface area contributed by atoms with Crippen LogP contribution in [-0.4, -0.2) is 16.6 Å². The number of Topliss-reactive ketones (excluding diaryl/α,β-unsaturated/α-hetero) is 2. The second kappa shape index (κ2) is 7.26. The summed E-state index contributed by atoms with van der Waals surface area (Å²) in [6, 6.07) is 15.1. The Kier molecular flexibility index (Phi) is 4.90. The molecule has 3 rings (SSSR count). The van der Waals surface area contributed by atoms with Crippen LogP contribution in [0.3, 0.4) is 0 Å². The molecule has 0 aliphatic carbocycles. The highest BCUT2D eigenvalue weighted by atomic mass is 16.1. The van der Waals surface area contributed by atoms with Crippen molar-refractivity contribution in [1.29, 1.82) is 0 Å². The van der Waals surface area contributed by atoms with Crippen LogP contribution >= 0.6 is 0 Å². The van der Waals surface area contributed by atoms with Gasteiger partial charge in [-0.25, -0.2) is 0 Å². The highest BCUT2D eigenvalue weighted by molar-refractivity contribution is 6.04. The molecular weight excluding hydrogens is 298 g/mol. The minimum atomic E-state index is 0.0173. The van der Waals surface area contributed by atoms with Gasteiger partial charge in [0.1, 0.15) is 0 Å². The summed E-state index contributed by atoms with van der Waals surface area (Å²) in [6.45, 7) is 2.10. The number of H-pyrrole nitrogens is 1. The number of nitrogens with one attached hydrogen (secondary N) is 1. The van der Waals surface area contributed by atoms with Crippen molar-refractivity contribution in [1.82, 2.24) is 4.98 Å². The highest BCUT2D eigenvalue weighted by Gasteiger charge is 2.15. The molecule has 0 spiro atoms. The van der Waals surface area contributed by atoms with E-state index in [-0.39, 0.29) is 24.4 Å². The minimum absolute atomic E-state index is 0.0173. The number of hydrogen-bond acceptors (Lipinski definition) is 2. The van der Waals surface area contributed by atoms with Crippen LogP contribution in [0.1, 0.15) is 52.5 Å². The lowest BCUT2D eigenvalue weighted by Crippen LogP contribution is -2.08. The summed E-state index contributed by atoms with van der Waals surface area (Å²) < 4.78 is 0. The van der Waals surface area contributed by atoms with E-state index in [1.54, 1.807) is 12.1 Å². The van der Waals surface area contributed by atoms with Crippen molar-refractivity contribution in [3.8, 4) is 0 Å². The average molecular weight is 319 g/mol. The number of rotatable bonds is 7. The fourth-order valence-electron chi connectivity index (χ4n) is 3.01. The largest absolute Gasteiger partial charge is 0.361 e. The quantitative estimate of drug-likeness (QED) is 0.625. The monoisotopic (exact) mass is 319 g/mol. The van der Waals surface area contributed by atoms with E-state index < -0.39 is 0 Å². The number of aromatic amines is 1. The molecule has 3 aromatic rings. The van der Waals surface area contributed by atoms with Gasteiger partial charge in [-0.1, -0.05) is 43.7 Å². The van der Waals surface area contributed by atoms with Gasteiger partial charge in [0.2, 0.25) is 0 Å². The summed E-state index contributed by atoms with van der Waals surface area (Å²) in [5, 5.41) is 1.03. The van der Waals surface area contributed by atoms with Crippen molar-refractivity contribution >= 4 is 22.5 Å². The van der Waals surface area contributed by atoms with Gasteiger partial charge in [-0.2, -0.15) is 0 Å². The van der Waals surface area contributed by atoms with Gasteiger partial charge in [0.05, 0.1) is 0 Å². The van der Waals surface area contributed by atoms with E-state index in [4.69, 9.17) is 0 Å². The number of ketones is 2. The van der Waals surface area contributed by atoms with Crippen molar-refractivity contribution in [2.75, 3.05) is 0 Å². The standard InChI is InChI=1S/C21H21NO2/c1-2-6-16-14-19-17(11-12-22-19)13-18(16)21(24)10-9-20(23)15-7-4-3-5-8-15/h3-5,7-8,11-14,22H,2,6,9-10H2,1H3. The smallest absolute Gasteiger partial charge is 0.163 e. The van der Waals surface area contributed by atoms with Crippen molar-refractivity contribution in [3.63, 3.8) is 0 Å². The SMILES string of the molecule is CCCc1cc2[nH]ccc2cc1C(=O)CCC(=O)c1ccccc1. The van der Waals surface area contributed by atoms with Crippen molar-refractivity contribution < 1.29 is 9.59 Å². The third kappa shape index (κ3) is 3.46. The minimum Gasteiger partial charge on any atom is -0.361 e. The third-order valence-electron chi connectivity index (χ3n) is 4.27. The van der Waals surface area contributed by atoms with Gasteiger partial charge < -0.3 is 4.98 Å². The lowest BCUT2D eigenvalue weighted by atomic mass is 9.94. The zero-order chi connectivity index (χ0) is 16.9. The number of carbonyl (C=O) groups is 2. The van der Waals surface area contributed by atoms with E-state index in [0.717, 1.165) is 34.9 Å². The summed E-state index contributed by atoms with van der Waals surface area (Å²) in [5.74, 6) is 0.0644. The lowest BCUT2D eigenvalue weighted by molar-refractivity contribution is 0.0917. The van der Waals surface area contributed by atoms with Gasteiger partial charge in [0.15, 0.2) is 11.6 Å². The van der Waals surface area contributed by atoms with E-state index in [1.807, 2.05) is 36.5 Å². The molecule has 3 nitrogen and oxygen atoms in total. The molecule has 3 heteroatoms. The van der Waals surface area contributed by atoms with Crippen LogP contribution in [0.15, 0.2) is 54.7 Å². The summed E-state index contributed by atoms with van der Waals surface area (Å²) in [6.07, 6.45) is 4.23.